The van der Waals surface area contributed by atoms with E-state index < -0.39 is 10.0 Å². The highest BCUT2D eigenvalue weighted by Crippen LogP contribution is 2.34. The summed E-state index contributed by atoms with van der Waals surface area (Å²) in [6.07, 6.45) is 4.98. The van der Waals surface area contributed by atoms with E-state index in [-0.39, 0.29) is 22.4 Å². The van der Waals surface area contributed by atoms with Crippen molar-refractivity contribution in [3.8, 4) is 5.75 Å². The molecule has 1 heterocycles. The lowest BCUT2D eigenvalue weighted by molar-refractivity contribution is 0.0907. The number of rotatable bonds is 5. The van der Waals surface area contributed by atoms with Crippen LogP contribution in [0.2, 0.25) is 0 Å². The van der Waals surface area contributed by atoms with Crippen LogP contribution < -0.4 is 14.4 Å². The van der Waals surface area contributed by atoms with Crippen molar-refractivity contribution < 1.29 is 17.9 Å². The van der Waals surface area contributed by atoms with E-state index in [9.17, 15) is 13.2 Å². The number of nitrogens with one attached hydrogen (secondary N) is 1. The minimum absolute atomic E-state index is 0.0988. The van der Waals surface area contributed by atoms with E-state index in [2.05, 4.69) is 12.2 Å². The number of hydrogen-bond acceptors (Lipinski definition) is 4. The largest absolute Gasteiger partial charge is 0.496 e. The van der Waals surface area contributed by atoms with Gasteiger partial charge in [0.2, 0.25) is 0 Å². The summed E-state index contributed by atoms with van der Waals surface area (Å²) in [5, 5.41) is 3.10. The molecular formula is C23H28N2O4S. The van der Waals surface area contributed by atoms with E-state index in [1.54, 1.807) is 6.07 Å². The van der Waals surface area contributed by atoms with Crippen LogP contribution in [0.15, 0.2) is 47.4 Å². The van der Waals surface area contributed by atoms with Crippen molar-refractivity contribution >= 4 is 21.6 Å². The van der Waals surface area contributed by atoms with Crippen LogP contribution in [-0.2, 0) is 16.4 Å². The van der Waals surface area contributed by atoms with Crippen molar-refractivity contribution in [1.82, 2.24) is 5.32 Å². The molecule has 0 saturated heterocycles. The van der Waals surface area contributed by atoms with Crippen LogP contribution in [0.4, 0.5) is 5.69 Å². The van der Waals surface area contributed by atoms with Gasteiger partial charge in [-0.3, -0.25) is 9.10 Å². The highest BCUT2D eigenvalue weighted by atomic mass is 32.2. The number of fused-ring (bicyclic) bond motifs is 1. The number of hydrogen-bond donors (Lipinski definition) is 1. The zero-order chi connectivity index (χ0) is 21.3. The lowest BCUT2D eigenvalue weighted by Crippen LogP contribution is -2.41. The van der Waals surface area contributed by atoms with E-state index in [0.29, 0.717) is 30.3 Å². The predicted molar refractivity (Wildman–Crippen MR) is 117 cm³/mol. The number of para-hydroxylation sites is 1. The number of amides is 1. The Morgan fingerprint density at radius 2 is 1.90 bits per heavy atom. The number of anilines is 1. The van der Waals surface area contributed by atoms with Gasteiger partial charge in [0, 0.05) is 12.6 Å². The molecule has 2 atom stereocenters. The third kappa shape index (κ3) is 3.78. The van der Waals surface area contributed by atoms with Gasteiger partial charge in [-0.05, 0) is 55.0 Å². The summed E-state index contributed by atoms with van der Waals surface area (Å²) in [5.74, 6) is 0.489. The molecule has 2 aromatic carbocycles. The number of benzene rings is 2. The summed E-state index contributed by atoms with van der Waals surface area (Å²) in [6, 6.07) is 12.1. The normalized spacial score (nSPS) is 21.2. The van der Waals surface area contributed by atoms with Crippen molar-refractivity contribution in [1.29, 1.82) is 0 Å². The molecule has 0 bridgehead atoms. The van der Waals surface area contributed by atoms with Gasteiger partial charge in [0.25, 0.3) is 15.9 Å². The van der Waals surface area contributed by atoms with Crippen molar-refractivity contribution in [3.63, 3.8) is 0 Å². The second kappa shape index (κ2) is 8.30. The molecule has 1 aliphatic heterocycles. The Morgan fingerprint density at radius 1 is 1.13 bits per heavy atom. The lowest BCUT2D eigenvalue weighted by atomic mass is 9.86. The Balaban J connectivity index is 1.65. The standard InChI is InChI=1S/C23H28N2O4S/c1-16-7-3-5-9-20(16)24-23(26)19-15-18(11-12-22(19)29-2)30(27,28)25-14-13-17-8-4-6-10-21(17)25/h4,6,8,10-12,15-16,20H,3,5,7,9,13-14H2,1-2H3,(H,24,26). The highest BCUT2D eigenvalue weighted by molar-refractivity contribution is 7.92. The molecule has 2 aromatic rings. The van der Waals surface area contributed by atoms with E-state index in [1.807, 2.05) is 24.3 Å². The van der Waals surface area contributed by atoms with E-state index in [0.717, 1.165) is 24.8 Å². The van der Waals surface area contributed by atoms with Crippen molar-refractivity contribution in [2.45, 2.75) is 50.0 Å². The van der Waals surface area contributed by atoms with Crippen LogP contribution in [-0.4, -0.2) is 34.0 Å². The fourth-order valence-electron chi connectivity index (χ4n) is 4.49. The van der Waals surface area contributed by atoms with Gasteiger partial charge in [-0.15, -0.1) is 0 Å². The number of carbonyl (C=O) groups is 1. The minimum Gasteiger partial charge on any atom is -0.496 e. The Morgan fingerprint density at radius 3 is 2.67 bits per heavy atom. The molecule has 2 unspecified atom stereocenters. The monoisotopic (exact) mass is 428 g/mol. The van der Waals surface area contributed by atoms with Gasteiger partial charge in [-0.2, -0.15) is 0 Å². The summed E-state index contributed by atoms with van der Waals surface area (Å²) >= 11 is 0. The third-order valence-corrected chi connectivity index (χ3v) is 8.09. The summed E-state index contributed by atoms with van der Waals surface area (Å²) in [5.41, 5.74) is 1.97. The number of nitrogens with zero attached hydrogens (tertiary/aromatic N) is 1. The van der Waals surface area contributed by atoms with E-state index >= 15 is 0 Å². The van der Waals surface area contributed by atoms with Crippen molar-refractivity contribution in [2.24, 2.45) is 5.92 Å². The molecule has 0 aromatic heterocycles. The van der Waals surface area contributed by atoms with Gasteiger partial charge in [0.1, 0.15) is 5.75 Å². The molecule has 4 rings (SSSR count). The third-order valence-electron chi connectivity index (χ3n) is 6.28. The maximum atomic E-state index is 13.4. The van der Waals surface area contributed by atoms with Gasteiger partial charge in [0.15, 0.2) is 0 Å². The quantitative estimate of drug-likeness (QED) is 0.787. The molecule has 0 radical (unpaired) electrons. The van der Waals surface area contributed by atoms with Crippen molar-refractivity contribution in [2.75, 3.05) is 18.0 Å². The Bertz CT molecular complexity index is 1050. The predicted octanol–water partition coefficient (Wildman–Crippen LogP) is 3.76. The van der Waals surface area contributed by atoms with E-state index in [4.69, 9.17) is 4.74 Å². The van der Waals surface area contributed by atoms with Crippen molar-refractivity contribution in [3.05, 3.63) is 53.6 Å². The molecule has 1 amide bonds. The lowest BCUT2D eigenvalue weighted by Gasteiger charge is -2.29. The number of methoxy groups -OCH3 is 1. The van der Waals surface area contributed by atoms with Crippen LogP contribution >= 0.6 is 0 Å². The average molecular weight is 429 g/mol. The molecule has 7 heteroatoms. The summed E-state index contributed by atoms with van der Waals surface area (Å²) in [4.78, 5) is 13.1. The van der Waals surface area contributed by atoms with Gasteiger partial charge in [-0.1, -0.05) is 38.0 Å². The number of carbonyl (C=O) groups excluding carboxylic acids is 1. The zero-order valence-electron chi connectivity index (χ0n) is 17.4. The fourth-order valence-corrected chi connectivity index (χ4v) is 6.02. The van der Waals surface area contributed by atoms with Crippen LogP contribution in [0.25, 0.3) is 0 Å². The SMILES string of the molecule is COc1ccc(S(=O)(=O)N2CCc3ccccc32)cc1C(=O)NC1CCCCC1C. The first-order chi connectivity index (χ1) is 14.4. The molecule has 1 saturated carbocycles. The van der Waals surface area contributed by atoms with Crippen LogP contribution in [0.5, 0.6) is 5.75 Å². The zero-order valence-corrected chi connectivity index (χ0v) is 18.2. The Kier molecular flexibility index (Phi) is 5.73. The minimum atomic E-state index is -3.78. The molecule has 160 valence electrons. The number of sulfonamides is 1. The summed E-state index contributed by atoms with van der Waals surface area (Å²) in [7, 11) is -2.29. The molecule has 1 aliphatic carbocycles. The first kappa shape index (κ1) is 20.7. The van der Waals surface area contributed by atoms with Gasteiger partial charge in [0.05, 0.1) is 23.3 Å². The van der Waals surface area contributed by atoms with Gasteiger partial charge >= 0.3 is 0 Å². The van der Waals surface area contributed by atoms with Crippen LogP contribution in [0.3, 0.4) is 0 Å². The average Bonchev–Trinajstić information content (AvgIpc) is 3.20. The Labute approximate surface area is 178 Å². The molecular weight excluding hydrogens is 400 g/mol. The maximum Gasteiger partial charge on any atom is 0.264 e. The maximum absolute atomic E-state index is 13.4. The molecule has 1 fully saturated rings. The Hall–Kier alpha value is -2.54. The molecule has 6 nitrogen and oxygen atoms in total. The first-order valence-electron chi connectivity index (χ1n) is 10.5. The second-order valence-electron chi connectivity index (χ2n) is 8.16. The fraction of sp³-hybridized carbons (Fsp3) is 0.435. The van der Waals surface area contributed by atoms with Crippen LogP contribution in [0, 0.1) is 5.92 Å². The first-order valence-corrected chi connectivity index (χ1v) is 12.0. The molecule has 1 N–H and O–H groups in total. The van der Waals surface area contributed by atoms with Gasteiger partial charge < -0.3 is 10.1 Å². The smallest absolute Gasteiger partial charge is 0.264 e. The summed E-state index contributed by atoms with van der Waals surface area (Å²) < 4.78 is 33.5. The molecule has 0 spiro atoms. The van der Waals surface area contributed by atoms with Gasteiger partial charge in [-0.25, -0.2) is 8.42 Å². The second-order valence-corrected chi connectivity index (χ2v) is 10.0. The van der Waals surface area contributed by atoms with Crippen LogP contribution in [0.1, 0.15) is 48.5 Å². The molecule has 2 aliphatic rings. The molecule has 30 heavy (non-hydrogen) atoms. The topological polar surface area (TPSA) is 75.7 Å². The number of ether oxygens (including phenoxy) is 1. The summed E-state index contributed by atoms with van der Waals surface area (Å²) in [6.45, 7) is 2.54. The highest BCUT2D eigenvalue weighted by Gasteiger charge is 2.32. The van der Waals surface area contributed by atoms with E-state index in [1.165, 1.54) is 30.0 Å².